The van der Waals surface area contributed by atoms with E-state index in [-0.39, 0.29) is 18.4 Å². The van der Waals surface area contributed by atoms with Crippen molar-refractivity contribution in [2.45, 2.75) is 45.7 Å². The smallest absolute Gasteiger partial charge is 0.333 e. The van der Waals surface area contributed by atoms with Crippen LogP contribution in [-0.4, -0.2) is 27.1 Å². The molecule has 23 heavy (non-hydrogen) atoms. The zero-order valence-corrected chi connectivity index (χ0v) is 13.9. The first-order valence-corrected chi connectivity index (χ1v) is 8.52. The Labute approximate surface area is 137 Å². The maximum Gasteiger partial charge on any atom is 0.333 e. The van der Waals surface area contributed by atoms with Crippen LogP contribution >= 0.6 is 11.3 Å². The van der Waals surface area contributed by atoms with Crippen LogP contribution in [0.25, 0.3) is 0 Å². The van der Waals surface area contributed by atoms with E-state index in [0.717, 1.165) is 19.4 Å². The molecule has 2 aromatic rings. The van der Waals surface area contributed by atoms with Gasteiger partial charge in [-0.1, -0.05) is 6.07 Å². The van der Waals surface area contributed by atoms with E-state index in [2.05, 4.69) is 5.10 Å². The molecule has 0 aliphatic carbocycles. The summed E-state index contributed by atoms with van der Waals surface area (Å²) in [5.74, 6) is -0.0130. The molecule has 7 heteroatoms. The van der Waals surface area contributed by atoms with Crippen molar-refractivity contribution in [1.82, 2.24) is 14.7 Å². The van der Waals surface area contributed by atoms with Gasteiger partial charge in [0.25, 0.3) is 0 Å². The standard InChI is InChI=1S/C16H19F2N3OS/c1-10-12(11(2)21(19-10)16(17)18)9-15(22)20-7-3-5-13(20)14-6-4-8-23-14/h4,6,8,13,16H,3,5,7,9H2,1-2H3. The Morgan fingerprint density at radius 3 is 2.87 bits per heavy atom. The van der Waals surface area contributed by atoms with Gasteiger partial charge in [-0.05, 0) is 38.1 Å². The number of hydrogen-bond donors (Lipinski definition) is 0. The Balaban J connectivity index is 1.79. The lowest BCUT2D eigenvalue weighted by atomic mass is 10.1. The largest absolute Gasteiger partial charge is 0.335 e. The minimum atomic E-state index is -2.68. The van der Waals surface area contributed by atoms with Crippen LogP contribution in [0.5, 0.6) is 0 Å². The molecule has 0 saturated carbocycles. The van der Waals surface area contributed by atoms with Crippen LogP contribution in [0.3, 0.4) is 0 Å². The molecular weight excluding hydrogens is 320 g/mol. The molecule has 124 valence electrons. The average molecular weight is 339 g/mol. The summed E-state index contributed by atoms with van der Waals surface area (Å²) >= 11 is 1.65. The lowest BCUT2D eigenvalue weighted by molar-refractivity contribution is -0.131. The normalized spacial score (nSPS) is 18.1. The number of aryl methyl sites for hydroxylation is 1. The van der Waals surface area contributed by atoms with Crippen LogP contribution in [0.15, 0.2) is 17.5 Å². The minimum absolute atomic E-state index is 0.0130. The fourth-order valence-corrected chi connectivity index (χ4v) is 4.11. The first-order chi connectivity index (χ1) is 11.0. The van der Waals surface area contributed by atoms with Crippen LogP contribution in [0, 0.1) is 13.8 Å². The number of amides is 1. The first kappa shape index (κ1) is 16.1. The van der Waals surface area contributed by atoms with Crippen LogP contribution in [0.2, 0.25) is 0 Å². The van der Waals surface area contributed by atoms with Crippen LogP contribution < -0.4 is 0 Å². The van der Waals surface area contributed by atoms with Gasteiger partial charge in [-0.25, -0.2) is 4.68 Å². The van der Waals surface area contributed by atoms with Gasteiger partial charge in [0.1, 0.15) is 0 Å². The van der Waals surface area contributed by atoms with Crippen molar-refractivity contribution >= 4 is 17.2 Å². The molecule has 0 N–H and O–H groups in total. The van der Waals surface area contributed by atoms with Crippen molar-refractivity contribution in [2.24, 2.45) is 0 Å². The Bertz CT molecular complexity index is 696. The predicted octanol–water partition coefficient (Wildman–Crippen LogP) is 3.86. The maximum absolute atomic E-state index is 12.9. The number of carbonyl (C=O) groups excluding carboxylic acids is 1. The van der Waals surface area contributed by atoms with Gasteiger partial charge in [-0.15, -0.1) is 11.3 Å². The number of nitrogens with zero attached hydrogens (tertiary/aromatic N) is 3. The molecule has 1 unspecified atom stereocenters. The predicted molar refractivity (Wildman–Crippen MR) is 84.7 cm³/mol. The number of alkyl halides is 2. The highest BCUT2D eigenvalue weighted by molar-refractivity contribution is 7.10. The number of carbonyl (C=O) groups is 1. The second-order valence-electron chi connectivity index (χ2n) is 5.81. The summed E-state index contributed by atoms with van der Waals surface area (Å²) in [5.41, 5.74) is 1.49. The lowest BCUT2D eigenvalue weighted by Gasteiger charge is -2.24. The van der Waals surface area contributed by atoms with Crippen LogP contribution in [0.1, 0.15) is 47.3 Å². The van der Waals surface area contributed by atoms with Gasteiger partial charge in [0.2, 0.25) is 5.91 Å². The molecular formula is C16H19F2N3OS. The van der Waals surface area contributed by atoms with Gasteiger partial charge in [-0.3, -0.25) is 4.79 Å². The van der Waals surface area contributed by atoms with Gasteiger partial charge < -0.3 is 4.90 Å². The highest BCUT2D eigenvalue weighted by Gasteiger charge is 2.31. The zero-order valence-electron chi connectivity index (χ0n) is 13.1. The number of thiophene rings is 1. The summed E-state index contributed by atoms with van der Waals surface area (Å²) in [6.07, 6.45) is 2.06. The third kappa shape index (κ3) is 3.02. The fourth-order valence-electron chi connectivity index (χ4n) is 3.24. The Kier molecular flexibility index (Phi) is 4.48. The van der Waals surface area contributed by atoms with E-state index in [9.17, 15) is 13.6 Å². The third-order valence-electron chi connectivity index (χ3n) is 4.43. The summed E-state index contributed by atoms with van der Waals surface area (Å²) in [5, 5.41) is 5.87. The number of aromatic nitrogens is 2. The molecule has 1 saturated heterocycles. The van der Waals surface area contributed by atoms with E-state index in [4.69, 9.17) is 0 Å². The molecule has 3 rings (SSSR count). The Hall–Kier alpha value is -1.76. The number of rotatable bonds is 4. The highest BCUT2D eigenvalue weighted by Crippen LogP contribution is 2.35. The fraction of sp³-hybridized carbons (Fsp3) is 0.500. The van der Waals surface area contributed by atoms with Crippen molar-refractivity contribution in [3.8, 4) is 0 Å². The van der Waals surface area contributed by atoms with E-state index in [1.165, 1.54) is 4.88 Å². The quantitative estimate of drug-likeness (QED) is 0.848. The summed E-state index contributed by atoms with van der Waals surface area (Å²) in [7, 11) is 0. The number of hydrogen-bond acceptors (Lipinski definition) is 3. The van der Waals surface area contributed by atoms with Gasteiger partial charge in [-0.2, -0.15) is 13.9 Å². The monoisotopic (exact) mass is 339 g/mol. The van der Waals surface area contributed by atoms with Crippen molar-refractivity contribution in [3.63, 3.8) is 0 Å². The SMILES string of the molecule is Cc1nn(C(F)F)c(C)c1CC(=O)N1CCCC1c1cccs1. The van der Waals surface area contributed by atoms with E-state index in [1.807, 2.05) is 22.4 Å². The zero-order chi connectivity index (χ0) is 16.6. The first-order valence-electron chi connectivity index (χ1n) is 7.64. The van der Waals surface area contributed by atoms with Crippen molar-refractivity contribution < 1.29 is 13.6 Å². The van der Waals surface area contributed by atoms with E-state index in [1.54, 1.807) is 25.2 Å². The molecule has 0 aromatic carbocycles. The summed E-state index contributed by atoms with van der Waals surface area (Å²) in [4.78, 5) is 15.8. The molecule has 0 bridgehead atoms. The van der Waals surface area contributed by atoms with Crippen molar-refractivity contribution in [3.05, 3.63) is 39.3 Å². The molecule has 0 spiro atoms. The molecule has 1 aliphatic rings. The molecule has 1 aliphatic heterocycles. The summed E-state index contributed by atoms with van der Waals surface area (Å²) < 4.78 is 26.5. The maximum atomic E-state index is 12.9. The summed E-state index contributed by atoms with van der Waals surface area (Å²) in [6.45, 7) is 1.32. The van der Waals surface area contributed by atoms with Crippen molar-refractivity contribution in [2.75, 3.05) is 6.54 Å². The van der Waals surface area contributed by atoms with Gasteiger partial charge in [0.15, 0.2) is 0 Å². The average Bonchev–Trinajstić information content (AvgIpc) is 3.21. The summed E-state index contributed by atoms with van der Waals surface area (Å²) in [6, 6.07) is 4.15. The second kappa shape index (κ2) is 6.39. The number of likely N-dealkylation sites (tertiary alicyclic amines) is 1. The van der Waals surface area contributed by atoms with Gasteiger partial charge in [0.05, 0.1) is 18.2 Å². The van der Waals surface area contributed by atoms with E-state index >= 15 is 0 Å². The Morgan fingerprint density at radius 1 is 1.48 bits per heavy atom. The highest BCUT2D eigenvalue weighted by atomic mass is 32.1. The second-order valence-corrected chi connectivity index (χ2v) is 6.79. The van der Waals surface area contributed by atoms with E-state index in [0.29, 0.717) is 21.6 Å². The van der Waals surface area contributed by atoms with Crippen LogP contribution in [-0.2, 0) is 11.2 Å². The Morgan fingerprint density at radius 2 is 2.26 bits per heavy atom. The lowest BCUT2D eigenvalue weighted by Crippen LogP contribution is -2.31. The third-order valence-corrected chi connectivity index (χ3v) is 5.41. The molecule has 4 nitrogen and oxygen atoms in total. The molecule has 1 atom stereocenters. The van der Waals surface area contributed by atoms with Gasteiger partial charge in [0, 0.05) is 22.7 Å². The molecule has 1 fully saturated rings. The molecule has 0 radical (unpaired) electrons. The number of halogens is 2. The molecule has 1 amide bonds. The minimum Gasteiger partial charge on any atom is -0.335 e. The van der Waals surface area contributed by atoms with Gasteiger partial charge >= 0.3 is 6.55 Å². The van der Waals surface area contributed by atoms with Crippen molar-refractivity contribution in [1.29, 1.82) is 0 Å². The van der Waals surface area contributed by atoms with Crippen LogP contribution in [0.4, 0.5) is 8.78 Å². The topological polar surface area (TPSA) is 38.1 Å². The van der Waals surface area contributed by atoms with E-state index < -0.39 is 6.55 Å². The molecule has 2 aromatic heterocycles. The molecule has 3 heterocycles.